The highest BCUT2D eigenvalue weighted by Gasteiger charge is 2.30. The van der Waals surface area contributed by atoms with Crippen molar-refractivity contribution < 1.29 is 18.0 Å². The molecule has 30 heavy (non-hydrogen) atoms. The monoisotopic (exact) mass is 435 g/mol. The number of morpholine rings is 1. The minimum atomic E-state index is -3.81. The Kier molecular flexibility index (Phi) is 6.26. The average Bonchev–Trinajstić information content (AvgIpc) is 3.32. The fourth-order valence-corrected chi connectivity index (χ4v) is 5.64. The van der Waals surface area contributed by atoms with Crippen LogP contribution in [-0.4, -0.2) is 60.3 Å². The van der Waals surface area contributed by atoms with Gasteiger partial charge in [0.2, 0.25) is 5.95 Å². The van der Waals surface area contributed by atoms with Gasteiger partial charge in [0, 0.05) is 19.0 Å². The molecule has 2 fully saturated rings. The van der Waals surface area contributed by atoms with E-state index in [0.717, 1.165) is 47.4 Å². The van der Waals surface area contributed by atoms with Crippen molar-refractivity contribution in [1.82, 2.24) is 13.3 Å². The van der Waals surface area contributed by atoms with Gasteiger partial charge in [-0.3, -0.25) is 0 Å². The number of nitrogen functional groups attached to an aromatic ring is 1. The lowest BCUT2D eigenvalue weighted by atomic mass is 9.96. The third-order valence-electron chi connectivity index (χ3n) is 5.64. The zero-order valence-corrected chi connectivity index (χ0v) is 18.1. The maximum absolute atomic E-state index is 13.2. The molecule has 164 valence electrons. The van der Waals surface area contributed by atoms with Gasteiger partial charge in [-0.05, 0) is 49.8 Å². The fourth-order valence-electron chi connectivity index (χ4n) is 4.13. The second kappa shape index (κ2) is 8.91. The fraction of sp³-hybridized carbons (Fsp3) is 0.600. The van der Waals surface area contributed by atoms with E-state index in [0.29, 0.717) is 49.9 Å². The summed E-state index contributed by atoms with van der Waals surface area (Å²) >= 11 is 0. The molecule has 4 rings (SSSR count). The van der Waals surface area contributed by atoms with Crippen LogP contribution in [-0.2, 0) is 26.2 Å². The summed E-state index contributed by atoms with van der Waals surface area (Å²) in [6.45, 7) is 4.05. The van der Waals surface area contributed by atoms with Crippen molar-refractivity contribution in [2.24, 2.45) is 11.1 Å². The topological polar surface area (TPSA) is 112 Å². The van der Waals surface area contributed by atoms with Gasteiger partial charge in [-0.25, -0.2) is 4.98 Å². The number of nitrogens with zero attached hydrogens (tertiary/aromatic N) is 4. The van der Waals surface area contributed by atoms with Crippen molar-refractivity contribution in [1.29, 1.82) is 0 Å². The molecule has 1 aromatic carbocycles. The van der Waals surface area contributed by atoms with E-state index in [-0.39, 0.29) is 5.95 Å². The van der Waals surface area contributed by atoms with Crippen LogP contribution in [0.2, 0.25) is 0 Å². The molecule has 0 amide bonds. The van der Waals surface area contributed by atoms with Gasteiger partial charge < -0.3 is 15.3 Å². The summed E-state index contributed by atoms with van der Waals surface area (Å²) in [6.07, 6.45) is 4.82. The molecule has 2 N–H and O–H groups in total. The Bertz CT molecular complexity index is 1030. The minimum Gasteiger partial charge on any atom is -0.396 e. The molecule has 2 heterocycles. The molecular formula is C20H29N5O4S. The van der Waals surface area contributed by atoms with E-state index in [1.807, 2.05) is 18.2 Å². The average molecular weight is 436 g/mol. The summed E-state index contributed by atoms with van der Waals surface area (Å²) in [5.41, 5.74) is 9.24. The quantitative estimate of drug-likeness (QED) is 0.527. The van der Waals surface area contributed by atoms with Crippen LogP contribution in [0.1, 0.15) is 38.2 Å². The molecule has 0 bridgehead atoms. The van der Waals surface area contributed by atoms with E-state index in [4.69, 9.17) is 15.3 Å². The van der Waals surface area contributed by atoms with E-state index in [1.54, 1.807) is 0 Å². The van der Waals surface area contributed by atoms with Gasteiger partial charge in [0.05, 0.1) is 30.0 Å². The molecular weight excluding hydrogens is 406 g/mol. The van der Waals surface area contributed by atoms with E-state index < -0.39 is 10.2 Å². The number of rotatable bonds is 7. The molecule has 9 nitrogen and oxygen atoms in total. The van der Waals surface area contributed by atoms with Crippen molar-refractivity contribution in [3.05, 3.63) is 23.8 Å². The number of ether oxygens (including phenoxy) is 1. The Morgan fingerprint density at radius 2 is 2.13 bits per heavy atom. The van der Waals surface area contributed by atoms with Crippen LogP contribution in [0.5, 0.6) is 0 Å². The van der Waals surface area contributed by atoms with Crippen molar-refractivity contribution >= 4 is 32.9 Å². The molecule has 2 aliphatic rings. The number of fused-ring (bicyclic) bond motifs is 1. The molecule has 1 atom stereocenters. The lowest BCUT2D eigenvalue weighted by molar-refractivity contribution is 0.0726. The Hall–Kier alpha value is -2.17. The second-order valence-corrected chi connectivity index (χ2v) is 9.56. The Morgan fingerprint density at radius 1 is 1.33 bits per heavy atom. The maximum atomic E-state index is 13.2. The Morgan fingerprint density at radius 3 is 2.90 bits per heavy atom. The molecule has 1 unspecified atom stereocenters. The SMILES string of the molecule is CCCON=C1CCCC1Cc1ccc2nc(N)n(S(=O)(=O)N3CCOCC3)c2c1. The first-order chi connectivity index (χ1) is 14.5. The normalized spacial score (nSPS) is 22.2. The lowest BCUT2D eigenvalue weighted by Gasteiger charge is -2.26. The van der Waals surface area contributed by atoms with Crippen molar-refractivity contribution in [2.45, 2.75) is 39.0 Å². The summed E-state index contributed by atoms with van der Waals surface area (Å²) in [7, 11) is -3.81. The highest BCUT2D eigenvalue weighted by Crippen LogP contribution is 2.29. The molecule has 1 aliphatic heterocycles. The summed E-state index contributed by atoms with van der Waals surface area (Å²) in [4.78, 5) is 9.67. The van der Waals surface area contributed by atoms with Crippen LogP contribution >= 0.6 is 0 Å². The van der Waals surface area contributed by atoms with Crippen LogP contribution in [0.3, 0.4) is 0 Å². The first kappa shape index (κ1) is 21.1. The van der Waals surface area contributed by atoms with E-state index in [9.17, 15) is 8.42 Å². The Labute approximate surface area is 177 Å². The van der Waals surface area contributed by atoms with Crippen LogP contribution in [0.4, 0.5) is 5.95 Å². The molecule has 0 spiro atoms. The number of anilines is 1. The smallest absolute Gasteiger partial charge is 0.311 e. The summed E-state index contributed by atoms with van der Waals surface area (Å²) in [6, 6.07) is 5.72. The minimum absolute atomic E-state index is 0.0234. The molecule has 1 saturated heterocycles. The predicted molar refractivity (Wildman–Crippen MR) is 116 cm³/mol. The summed E-state index contributed by atoms with van der Waals surface area (Å²) in [5, 5.41) is 4.34. The summed E-state index contributed by atoms with van der Waals surface area (Å²) < 4.78 is 34.3. The zero-order chi connectivity index (χ0) is 21.1. The maximum Gasteiger partial charge on any atom is 0.311 e. The number of nitrogens with two attached hydrogens (primary N) is 1. The predicted octanol–water partition coefficient (Wildman–Crippen LogP) is 2.17. The molecule has 2 aromatic rings. The van der Waals surface area contributed by atoms with Crippen molar-refractivity contribution in [2.75, 3.05) is 38.6 Å². The highest BCUT2D eigenvalue weighted by atomic mass is 32.2. The van der Waals surface area contributed by atoms with Gasteiger partial charge >= 0.3 is 10.2 Å². The first-order valence-electron chi connectivity index (χ1n) is 10.5. The summed E-state index contributed by atoms with van der Waals surface area (Å²) in [5.74, 6) is 0.286. The largest absolute Gasteiger partial charge is 0.396 e. The van der Waals surface area contributed by atoms with Crippen molar-refractivity contribution in [3.8, 4) is 0 Å². The van der Waals surface area contributed by atoms with Gasteiger partial charge in [0.15, 0.2) is 0 Å². The standard InChI is InChI=1S/C20H29N5O4S/c1-2-10-29-23-17-5-3-4-16(17)13-15-6-7-18-19(14-15)25(20(21)22-18)30(26,27)24-8-11-28-12-9-24/h6-7,14,16H,2-5,8-13H2,1H3,(H2,21,22). The Balaban J connectivity index is 1.63. The molecule has 10 heteroatoms. The molecule has 0 radical (unpaired) electrons. The van der Waals surface area contributed by atoms with Gasteiger partial charge in [-0.15, -0.1) is 0 Å². The van der Waals surface area contributed by atoms with Crippen LogP contribution < -0.4 is 5.73 Å². The van der Waals surface area contributed by atoms with E-state index in [1.165, 1.54) is 4.31 Å². The van der Waals surface area contributed by atoms with E-state index >= 15 is 0 Å². The molecule has 1 saturated carbocycles. The number of aromatic nitrogens is 2. The van der Waals surface area contributed by atoms with Gasteiger partial charge in [0.25, 0.3) is 0 Å². The van der Waals surface area contributed by atoms with Crippen LogP contribution in [0.25, 0.3) is 11.0 Å². The lowest BCUT2D eigenvalue weighted by Crippen LogP contribution is -2.43. The third kappa shape index (κ3) is 4.17. The number of imidazole rings is 1. The number of hydrogen-bond donors (Lipinski definition) is 1. The third-order valence-corrected chi connectivity index (χ3v) is 7.51. The molecule has 1 aromatic heterocycles. The van der Waals surface area contributed by atoms with Crippen LogP contribution in [0, 0.1) is 5.92 Å². The number of benzene rings is 1. The van der Waals surface area contributed by atoms with E-state index in [2.05, 4.69) is 17.1 Å². The first-order valence-corrected chi connectivity index (χ1v) is 11.9. The van der Waals surface area contributed by atoms with Gasteiger partial charge in [0.1, 0.15) is 6.61 Å². The molecule has 1 aliphatic carbocycles. The zero-order valence-electron chi connectivity index (χ0n) is 17.3. The number of hydrogen-bond acceptors (Lipinski definition) is 7. The number of oxime groups is 1. The van der Waals surface area contributed by atoms with Gasteiger partial charge in [-0.1, -0.05) is 18.1 Å². The van der Waals surface area contributed by atoms with Gasteiger partial charge in [-0.2, -0.15) is 16.7 Å². The van der Waals surface area contributed by atoms with Crippen LogP contribution in [0.15, 0.2) is 23.4 Å². The second-order valence-electron chi connectivity index (χ2n) is 7.79. The van der Waals surface area contributed by atoms with Crippen molar-refractivity contribution in [3.63, 3.8) is 0 Å². The highest BCUT2D eigenvalue weighted by molar-refractivity contribution is 7.87.